The van der Waals surface area contributed by atoms with E-state index in [1.807, 2.05) is 0 Å². The summed E-state index contributed by atoms with van der Waals surface area (Å²) in [4.78, 5) is 35.7. The summed E-state index contributed by atoms with van der Waals surface area (Å²) in [6, 6.07) is 2.37. The van der Waals surface area contributed by atoms with Gasteiger partial charge < -0.3 is 20.1 Å². The zero-order valence-electron chi connectivity index (χ0n) is 14.8. The van der Waals surface area contributed by atoms with Crippen molar-refractivity contribution in [1.29, 1.82) is 0 Å². The molecule has 0 radical (unpaired) electrons. The minimum Gasteiger partial charge on any atom is -0.465 e. The van der Waals surface area contributed by atoms with Crippen LogP contribution >= 0.6 is 0 Å². The standard InChI is InChI=1S/C16H20N2O7S/c1-16(2,3)25-15(21)18-11-8-26(22,23)12-6-5-9(14(20)24-4)7-10(12)17-13(11)19/h5-7,11H,8H2,1-4H3,(H,17,19)(H,18,21)/t11-/m0/s1. The maximum Gasteiger partial charge on any atom is 0.408 e. The molecular formula is C16H20N2O7S. The molecule has 2 rings (SSSR count). The van der Waals surface area contributed by atoms with E-state index in [0.29, 0.717) is 0 Å². The van der Waals surface area contributed by atoms with E-state index in [9.17, 15) is 22.8 Å². The molecule has 2 amide bonds. The van der Waals surface area contributed by atoms with E-state index in [0.717, 1.165) is 0 Å². The third kappa shape index (κ3) is 4.51. The highest BCUT2D eigenvalue weighted by Gasteiger charge is 2.35. The van der Waals surface area contributed by atoms with E-state index in [-0.39, 0.29) is 16.1 Å². The predicted molar refractivity (Wildman–Crippen MR) is 91.6 cm³/mol. The highest BCUT2D eigenvalue weighted by molar-refractivity contribution is 7.91. The molecule has 0 spiro atoms. The van der Waals surface area contributed by atoms with Crippen LogP contribution in [0.15, 0.2) is 23.1 Å². The summed E-state index contributed by atoms with van der Waals surface area (Å²) < 4.78 is 34.8. The van der Waals surface area contributed by atoms with Crippen molar-refractivity contribution in [2.75, 3.05) is 18.2 Å². The second-order valence-electron chi connectivity index (χ2n) is 6.67. The fraction of sp³-hybridized carbons (Fsp3) is 0.438. The van der Waals surface area contributed by atoms with Crippen LogP contribution in [0.25, 0.3) is 0 Å². The van der Waals surface area contributed by atoms with Crippen LogP contribution in [0.2, 0.25) is 0 Å². The van der Waals surface area contributed by atoms with Crippen molar-refractivity contribution in [3.8, 4) is 0 Å². The molecule has 1 heterocycles. The van der Waals surface area contributed by atoms with Gasteiger partial charge in [-0.3, -0.25) is 4.79 Å². The molecule has 1 aromatic rings. The van der Waals surface area contributed by atoms with Gasteiger partial charge in [-0.05, 0) is 39.0 Å². The first kappa shape index (κ1) is 19.7. The summed E-state index contributed by atoms with van der Waals surface area (Å²) in [5, 5.41) is 4.68. The molecule has 1 aliphatic heterocycles. The first-order valence-electron chi connectivity index (χ1n) is 7.68. The number of carbonyl (C=O) groups excluding carboxylic acids is 3. The number of esters is 1. The zero-order valence-corrected chi connectivity index (χ0v) is 15.6. The lowest BCUT2D eigenvalue weighted by atomic mass is 10.2. The van der Waals surface area contributed by atoms with Crippen molar-refractivity contribution in [3.05, 3.63) is 23.8 Å². The average Bonchev–Trinajstić information content (AvgIpc) is 2.59. The van der Waals surface area contributed by atoms with Crippen LogP contribution in [0.5, 0.6) is 0 Å². The number of alkyl carbamates (subject to hydrolysis) is 1. The van der Waals surface area contributed by atoms with Crippen LogP contribution in [0.3, 0.4) is 0 Å². The summed E-state index contributed by atoms with van der Waals surface area (Å²) >= 11 is 0. The Kier molecular flexibility index (Phi) is 5.26. The first-order chi connectivity index (χ1) is 11.9. The number of fused-ring (bicyclic) bond motifs is 1. The van der Waals surface area contributed by atoms with Gasteiger partial charge in [0.25, 0.3) is 0 Å². The van der Waals surface area contributed by atoms with Crippen molar-refractivity contribution in [3.63, 3.8) is 0 Å². The van der Waals surface area contributed by atoms with Crippen molar-refractivity contribution in [1.82, 2.24) is 5.32 Å². The Morgan fingerprint density at radius 3 is 2.50 bits per heavy atom. The van der Waals surface area contributed by atoms with Crippen molar-refractivity contribution in [2.45, 2.75) is 37.3 Å². The van der Waals surface area contributed by atoms with Crippen molar-refractivity contribution >= 4 is 33.5 Å². The smallest absolute Gasteiger partial charge is 0.408 e. The lowest BCUT2D eigenvalue weighted by Crippen LogP contribution is -2.48. The number of ether oxygens (including phenoxy) is 2. The molecule has 2 N–H and O–H groups in total. The van der Waals surface area contributed by atoms with E-state index in [1.165, 1.54) is 25.3 Å². The van der Waals surface area contributed by atoms with Crippen LogP contribution in [-0.2, 0) is 24.1 Å². The fourth-order valence-corrected chi connectivity index (χ4v) is 3.88. The van der Waals surface area contributed by atoms with Gasteiger partial charge in [0.15, 0.2) is 9.84 Å². The minimum atomic E-state index is -3.90. The van der Waals surface area contributed by atoms with Crippen LogP contribution in [-0.4, -0.2) is 50.9 Å². The molecule has 0 fully saturated rings. The number of nitrogens with one attached hydrogen (secondary N) is 2. The molecule has 0 unspecified atom stereocenters. The number of sulfone groups is 1. The molecule has 142 valence electrons. The van der Waals surface area contributed by atoms with E-state index in [1.54, 1.807) is 20.8 Å². The highest BCUT2D eigenvalue weighted by atomic mass is 32.2. The topological polar surface area (TPSA) is 128 Å². The number of methoxy groups -OCH3 is 1. The summed E-state index contributed by atoms with van der Waals surface area (Å²) in [5.74, 6) is -2.05. The number of anilines is 1. The molecular weight excluding hydrogens is 364 g/mol. The summed E-state index contributed by atoms with van der Waals surface area (Å²) in [6.07, 6.45) is -0.908. The van der Waals surface area contributed by atoms with Gasteiger partial charge >= 0.3 is 12.1 Å². The quantitative estimate of drug-likeness (QED) is 0.731. The third-order valence-corrected chi connectivity index (χ3v) is 5.19. The Bertz CT molecular complexity index is 856. The fourth-order valence-electron chi connectivity index (χ4n) is 2.31. The number of benzene rings is 1. The molecule has 0 aromatic heterocycles. The lowest BCUT2D eigenvalue weighted by molar-refractivity contribution is -0.117. The van der Waals surface area contributed by atoms with E-state index >= 15 is 0 Å². The molecule has 1 aromatic carbocycles. The summed E-state index contributed by atoms with van der Waals surface area (Å²) in [6.45, 7) is 4.92. The van der Waals surface area contributed by atoms with Gasteiger partial charge in [-0.25, -0.2) is 18.0 Å². The molecule has 0 bridgehead atoms. The monoisotopic (exact) mass is 384 g/mol. The highest BCUT2D eigenvalue weighted by Crippen LogP contribution is 2.27. The molecule has 0 aliphatic carbocycles. The third-order valence-electron chi connectivity index (χ3n) is 3.39. The Hall–Kier alpha value is -2.62. The number of amides is 2. The second kappa shape index (κ2) is 6.94. The summed E-state index contributed by atoms with van der Waals surface area (Å²) in [7, 11) is -2.72. The number of carbonyl (C=O) groups is 3. The van der Waals surface area contributed by atoms with Crippen LogP contribution < -0.4 is 10.6 Å². The maximum atomic E-state index is 12.6. The van der Waals surface area contributed by atoms with E-state index in [2.05, 4.69) is 15.4 Å². The molecule has 26 heavy (non-hydrogen) atoms. The SMILES string of the molecule is COC(=O)c1ccc2c(c1)NC(=O)[C@@H](NC(=O)OC(C)(C)C)CS2(=O)=O. The van der Waals surface area contributed by atoms with E-state index < -0.39 is 45.2 Å². The van der Waals surface area contributed by atoms with Crippen LogP contribution in [0.4, 0.5) is 10.5 Å². The Balaban J connectivity index is 2.32. The largest absolute Gasteiger partial charge is 0.465 e. The summed E-state index contributed by atoms with van der Waals surface area (Å²) in [5.41, 5.74) is -0.769. The van der Waals surface area contributed by atoms with Gasteiger partial charge in [-0.1, -0.05) is 0 Å². The Morgan fingerprint density at radius 1 is 1.27 bits per heavy atom. The lowest BCUT2D eigenvalue weighted by Gasteiger charge is -2.22. The maximum absolute atomic E-state index is 12.6. The zero-order chi connectivity index (χ0) is 19.7. The van der Waals surface area contributed by atoms with Crippen LogP contribution in [0.1, 0.15) is 31.1 Å². The number of rotatable bonds is 2. The average molecular weight is 384 g/mol. The molecule has 0 saturated heterocycles. The van der Waals surface area contributed by atoms with Gasteiger partial charge in [0.1, 0.15) is 11.6 Å². The molecule has 0 saturated carbocycles. The first-order valence-corrected chi connectivity index (χ1v) is 9.34. The molecule has 1 aliphatic rings. The molecule has 1 atom stereocenters. The van der Waals surface area contributed by atoms with Gasteiger partial charge in [0.05, 0.1) is 29.0 Å². The van der Waals surface area contributed by atoms with E-state index in [4.69, 9.17) is 4.74 Å². The van der Waals surface area contributed by atoms with Gasteiger partial charge in [-0.2, -0.15) is 0 Å². The van der Waals surface area contributed by atoms with Gasteiger partial charge in [-0.15, -0.1) is 0 Å². The molecule has 9 nitrogen and oxygen atoms in total. The number of hydrogen-bond donors (Lipinski definition) is 2. The Morgan fingerprint density at radius 2 is 1.92 bits per heavy atom. The van der Waals surface area contributed by atoms with Crippen molar-refractivity contribution in [2.24, 2.45) is 0 Å². The normalized spacial score (nSPS) is 18.8. The van der Waals surface area contributed by atoms with Gasteiger partial charge in [0.2, 0.25) is 5.91 Å². The van der Waals surface area contributed by atoms with Gasteiger partial charge in [0, 0.05) is 0 Å². The predicted octanol–water partition coefficient (Wildman–Crippen LogP) is 1.09. The number of hydrogen-bond acceptors (Lipinski definition) is 7. The van der Waals surface area contributed by atoms with Crippen molar-refractivity contribution < 1.29 is 32.3 Å². The Labute approximate surface area is 151 Å². The molecule has 10 heteroatoms. The van der Waals surface area contributed by atoms with Crippen LogP contribution in [0, 0.1) is 0 Å². The second-order valence-corrected chi connectivity index (χ2v) is 8.67. The minimum absolute atomic E-state index is 0.0496.